The van der Waals surface area contributed by atoms with Gasteiger partial charge >= 0.3 is 12.1 Å². The second-order valence-corrected chi connectivity index (χ2v) is 6.02. The van der Waals surface area contributed by atoms with E-state index in [1.807, 2.05) is 0 Å². The highest BCUT2D eigenvalue weighted by molar-refractivity contribution is 5.86. The zero-order valence-electron chi connectivity index (χ0n) is 15.1. The molecule has 8 heteroatoms. The van der Waals surface area contributed by atoms with Gasteiger partial charge in [0, 0.05) is 26.1 Å². The van der Waals surface area contributed by atoms with Crippen LogP contribution in [0.5, 0.6) is 0 Å². The van der Waals surface area contributed by atoms with Crippen LogP contribution in [0.4, 0.5) is 4.79 Å². The summed E-state index contributed by atoms with van der Waals surface area (Å²) in [7, 11) is 3.00. The molecule has 1 aromatic heterocycles. The number of carboxylic acid groups (broad SMARTS) is 1. The van der Waals surface area contributed by atoms with Gasteiger partial charge in [0.15, 0.2) is 0 Å². The van der Waals surface area contributed by atoms with E-state index in [4.69, 9.17) is 9.84 Å². The first-order chi connectivity index (χ1) is 11.1. The van der Waals surface area contributed by atoms with E-state index < -0.39 is 17.6 Å². The number of amides is 1. The van der Waals surface area contributed by atoms with Crippen molar-refractivity contribution < 1.29 is 24.2 Å². The van der Waals surface area contributed by atoms with Crippen LogP contribution in [-0.2, 0) is 9.47 Å². The summed E-state index contributed by atoms with van der Waals surface area (Å²) in [6.45, 7) is 8.66. The first kappa shape index (κ1) is 21.6. The van der Waals surface area contributed by atoms with Crippen LogP contribution in [0.3, 0.4) is 0 Å². The summed E-state index contributed by atoms with van der Waals surface area (Å²) in [6, 6.07) is 0. The zero-order chi connectivity index (χ0) is 18.8. The Morgan fingerprint density at radius 2 is 2.04 bits per heavy atom. The molecule has 0 atom stereocenters. The van der Waals surface area contributed by atoms with E-state index in [-0.39, 0.29) is 5.56 Å². The molecule has 1 amide bonds. The summed E-state index contributed by atoms with van der Waals surface area (Å²) < 4.78 is 10.6. The van der Waals surface area contributed by atoms with Crippen molar-refractivity contribution >= 4 is 18.3 Å². The Kier molecular flexibility index (Phi) is 9.41. The minimum atomic E-state index is -1.04. The lowest BCUT2D eigenvalue weighted by molar-refractivity contribution is 0.0697. The summed E-state index contributed by atoms with van der Waals surface area (Å²) in [5.74, 6) is -0.364. The van der Waals surface area contributed by atoms with Crippen molar-refractivity contribution in [2.75, 3.05) is 20.8 Å². The lowest BCUT2D eigenvalue weighted by Gasteiger charge is -2.20. The maximum atomic E-state index is 11.1. The monoisotopic (exact) mass is 341 g/mol. The molecule has 1 heterocycles. The van der Waals surface area contributed by atoms with E-state index in [0.717, 1.165) is 6.61 Å². The highest BCUT2D eigenvalue weighted by Crippen LogP contribution is 2.06. The number of aromatic carboxylic acids is 1. The van der Waals surface area contributed by atoms with Gasteiger partial charge in [-0.25, -0.2) is 14.3 Å². The van der Waals surface area contributed by atoms with Gasteiger partial charge in [-0.2, -0.15) is 5.10 Å². The lowest BCUT2D eigenvalue weighted by Crippen LogP contribution is -2.41. The van der Waals surface area contributed by atoms with Crippen molar-refractivity contribution in [1.82, 2.24) is 15.1 Å². The Bertz CT molecular complexity index is 550. The molecule has 0 aliphatic rings. The average molecular weight is 341 g/mol. The van der Waals surface area contributed by atoms with E-state index in [0.29, 0.717) is 5.92 Å². The molecule has 0 bridgehead atoms. The van der Waals surface area contributed by atoms with E-state index in [1.165, 1.54) is 24.2 Å². The van der Waals surface area contributed by atoms with Crippen LogP contribution in [0, 0.1) is 5.92 Å². The molecular weight excluding hydrogens is 314 g/mol. The number of carbonyl (C=O) groups excluding carboxylic acids is 1. The second kappa shape index (κ2) is 10.4. The summed E-state index contributed by atoms with van der Waals surface area (Å²) in [5.41, 5.74) is -0.541. The number of nitrogens with zero attached hydrogens (tertiary/aromatic N) is 2. The molecule has 0 fully saturated rings. The minimum absolute atomic E-state index is 0.0957. The van der Waals surface area contributed by atoms with Crippen molar-refractivity contribution in [1.29, 1.82) is 0 Å². The highest BCUT2D eigenvalue weighted by atomic mass is 16.5. The molecule has 2 N–H and O–H groups in total. The smallest absolute Gasteiger partial charge is 0.407 e. The Labute approximate surface area is 142 Å². The Morgan fingerprint density at radius 3 is 2.42 bits per heavy atom. The number of hydrogen-bond acceptors (Lipinski definition) is 5. The number of carboxylic acids is 1. The number of methoxy groups -OCH3 is 2. The quantitative estimate of drug-likeness (QED) is 0.824. The molecule has 0 spiro atoms. The van der Waals surface area contributed by atoms with Gasteiger partial charge in [-0.3, -0.25) is 0 Å². The summed E-state index contributed by atoms with van der Waals surface area (Å²) in [5, 5.41) is 15.2. The van der Waals surface area contributed by atoms with Crippen molar-refractivity contribution in [2.24, 2.45) is 5.92 Å². The average Bonchev–Trinajstić information content (AvgIpc) is 2.94. The highest BCUT2D eigenvalue weighted by Gasteiger charge is 2.17. The van der Waals surface area contributed by atoms with Gasteiger partial charge in [0.05, 0.1) is 24.4 Å². The molecule has 0 saturated carbocycles. The molecular formula is C16H27N3O5. The Balaban J connectivity index is 0.000000754. The van der Waals surface area contributed by atoms with Crippen LogP contribution < -0.4 is 5.32 Å². The number of carbonyl (C=O) groups is 2. The van der Waals surface area contributed by atoms with Gasteiger partial charge in [0.2, 0.25) is 0 Å². The van der Waals surface area contributed by atoms with Crippen molar-refractivity contribution in [3.8, 4) is 0 Å². The molecule has 0 aromatic carbocycles. The number of hydrogen-bond donors (Lipinski definition) is 2. The van der Waals surface area contributed by atoms with Crippen LogP contribution >= 0.6 is 0 Å². The van der Waals surface area contributed by atoms with Gasteiger partial charge in [-0.05, 0) is 25.8 Å². The normalized spacial score (nSPS) is 11.1. The van der Waals surface area contributed by atoms with E-state index in [9.17, 15) is 9.59 Å². The number of alkyl carbamates (subject to hydrolysis) is 1. The van der Waals surface area contributed by atoms with Crippen LogP contribution in [0.2, 0.25) is 0 Å². The van der Waals surface area contributed by atoms with Gasteiger partial charge in [-0.1, -0.05) is 13.8 Å². The standard InChI is InChI=1S/C11H15N3O4.C5H12O/c1-11(2,13-10(17)18-3)4-5-14-7-8(6-12-14)9(15)16;1-5(2)4-6-3/h4-7H,1-3H3,(H,13,17)(H,15,16);5H,4H2,1-3H3/b5-4+;. The van der Waals surface area contributed by atoms with Crippen molar-refractivity contribution in [3.63, 3.8) is 0 Å². The van der Waals surface area contributed by atoms with E-state index >= 15 is 0 Å². The summed E-state index contributed by atoms with van der Waals surface area (Å²) in [6.07, 6.45) is 5.29. The fourth-order valence-electron chi connectivity index (χ4n) is 1.48. The number of nitrogens with one attached hydrogen (secondary N) is 1. The van der Waals surface area contributed by atoms with Crippen LogP contribution in [0.1, 0.15) is 38.1 Å². The Hall–Kier alpha value is -2.35. The second-order valence-electron chi connectivity index (χ2n) is 6.02. The Morgan fingerprint density at radius 1 is 1.42 bits per heavy atom. The molecule has 136 valence electrons. The van der Waals surface area contributed by atoms with E-state index in [1.54, 1.807) is 33.2 Å². The fourth-order valence-corrected chi connectivity index (χ4v) is 1.48. The molecule has 0 aliphatic carbocycles. The molecule has 0 saturated heterocycles. The molecule has 1 aromatic rings. The van der Waals surface area contributed by atoms with Gasteiger partial charge in [0.25, 0.3) is 0 Å². The molecule has 1 rings (SSSR count). The van der Waals surface area contributed by atoms with Crippen LogP contribution in [0.25, 0.3) is 6.20 Å². The first-order valence-electron chi connectivity index (χ1n) is 7.43. The molecule has 24 heavy (non-hydrogen) atoms. The lowest BCUT2D eigenvalue weighted by atomic mass is 10.1. The topological polar surface area (TPSA) is 103 Å². The van der Waals surface area contributed by atoms with Crippen LogP contribution in [0.15, 0.2) is 18.5 Å². The molecule has 0 radical (unpaired) electrons. The first-order valence-corrected chi connectivity index (χ1v) is 7.43. The van der Waals surface area contributed by atoms with Crippen LogP contribution in [-0.4, -0.2) is 53.3 Å². The molecule has 0 unspecified atom stereocenters. The third-order valence-corrected chi connectivity index (χ3v) is 2.60. The van der Waals surface area contributed by atoms with Crippen molar-refractivity contribution in [2.45, 2.75) is 33.2 Å². The fraction of sp³-hybridized carbons (Fsp3) is 0.562. The van der Waals surface area contributed by atoms with Crippen molar-refractivity contribution in [3.05, 3.63) is 24.0 Å². The zero-order valence-corrected chi connectivity index (χ0v) is 15.1. The third-order valence-electron chi connectivity index (χ3n) is 2.60. The largest absolute Gasteiger partial charge is 0.478 e. The maximum absolute atomic E-state index is 11.1. The number of ether oxygens (including phenoxy) is 2. The number of rotatable bonds is 6. The molecule has 8 nitrogen and oxygen atoms in total. The minimum Gasteiger partial charge on any atom is -0.478 e. The summed E-state index contributed by atoms with van der Waals surface area (Å²) >= 11 is 0. The number of aromatic nitrogens is 2. The predicted molar refractivity (Wildman–Crippen MR) is 90.9 cm³/mol. The van der Waals surface area contributed by atoms with Gasteiger partial charge < -0.3 is 19.9 Å². The summed E-state index contributed by atoms with van der Waals surface area (Å²) in [4.78, 5) is 21.7. The van der Waals surface area contributed by atoms with Gasteiger partial charge in [-0.15, -0.1) is 0 Å². The molecule has 0 aliphatic heterocycles. The van der Waals surface area contributed by atoms with Gasteiger partial charge in [0.1, 0.15) is 0 Å². The predicted octanol–water partition coefficient (Wildman–Crippen LogP) is 2.48. The van der Waals surface area contributed by atoms with E-state index in [2.05, 4.69) is 29.0 Å². The SMILES string of the molecule is COC(=O)NC(C)(C)/C=C/n1cc(C(=O)O)cn1.COCC(C)C. The maximum Gasteiger partial charge on any atom is 0.407 e. The third kappa shape index (κ3) is 9.62.